The summed E-state index contributed by atoms with van der Waals surface area (Å²) in [4.78, 5) is 0. The fraction of sp³-hybridized carbons (Fsp3) is 0.0556. The zero-order chi connectivity index (χ0) is 27.1. The van der Waals surface area contributed by atoms with Crippen molar-refractivity contribution >= 4 is 60.1 Å². The van der Waals surface area contributed by atoms with Crippen molar-refractivity contribution in [2.75, 3.05) is 0 Å². The molecule has 0 aliphatic heterocycles. The highest BCUT2D eigenvalue weighted by Crippen LogP contribution is 2.35. The Kier molecular flexibility index (Phi) is 5.66. The third-order valence-corrected chi connectivity index (χ3v) is 7.74. The lowest BCUT2D eigenvalue weighted by Gasteiger charge is -2.11. The van der Waals surface area contributed by atoms with Crippen LogP contribution in [0.4, 0.5) is 0 Å². The number of allylic oxidation sites excluding steroid dienone is 4. The molecule has 7 aromatic rings. The lowest BCUT2D eigenvalue weighted by molar-refractivity contribution is 0.899. The highest BCUT2D eigenvalue weighted by atomic mass is 15.0. The molecule has 0 N–H and O–H groups in total. The highest BCUT2D eigenvalue weighted by Gasteiger charge is 2.16. The van der Waals surface area contributed by atoms with Crippen molar-refractivity contribution in [1.82, 2.24) is 9.13 Å². The number of aromatic nitrogens is 2. The summed E-state index contributed by atoms with van der Waals surface area (Å²) < 4.78 is 4.37. The van der Waals surface area contributed by atoms with E-state index >= 15 is 0 Å². The van der Waals surface area contributed by atoms with Crippen LogP contribution in [0.3, 0.4) is 0 Å². The summed E-state index contributed by atoms with van der Waals surface area (Å²) >= 11 is 0. The summed E-state index contributed by atoms with van der Waals surface area (Å²) in [6, 6.07) is 42.4. The van der Waals surface area contributed by atoms with E-state index in [0.29, 0.717) is 17.8 Å². The molecular weight excluding hydrogens is 488 g/mol. The SMILES string of the molecule is N#CC/C(=C(C#N)\C=C/Cn1c2ccccc2c2cc3ccccc3cc21)n1c2ccccc2c2ccccc21. The molecule has 7 rings (SSSR count). The van der Waals surface area contributed by atoms with Crippen molar-refractivity contribution in [3.8, 4) is 12.1 Å². The first-order valence-electron chi connectivity index (χ1n) is 13.3. The monoisotopic (exact) mass is 512 g/mol. The minimum absolute atomic E-state index is 0.122. The molecule has 188 valence electrons. The van der Waals surface area contributed by atoms with Gasteiger partial charge in [-0.15, -0.1) is 0 Å². The summed E-state index contributed by atoms with van der Waals surface area (Å²) in [5, 5.41) is 27.1. The van der Waals surface area contributed by atoms with Crippen molar-refractivity contribution in [3.05, 3.63) is 127 Å². The van der Waals surface area contributed by atoms with E-state index in [4.69, 9.17) is 0 Å². The van der Waals surface area contributed by atoms with E-state index in [9.17, 15) is 10.5 Å². The van der Waals surface area contributed by atoms with Gasteiger partial charge in [-0.1, -0.05) is 84.9 Å². The van der Waals surface area contributed by atoms with E-state index < -0.39 is 0 Å². The van der Waals surface area contributed by atoms with Crippen LogP contribution in [0, 0.1) is 22.7 Å². The highest BCUT2D eigenvalue weighted by molar-refractivity contribution is 6.13. The first kappa shape index (κ1) is 23.5. The second kappa shape index (κ2) is 9.62. The van der Waals surface area contributed by atoms with E-state index in [-0.39, 0.29) is 6.42 Å². The average molecular weight is 513 g/mol. The molecule has 4 nitrogen and oxygen atoms in total. The molecule has 5 aromatic carbocycles. The molecule has 0 fully saturated rings. The van der Waals surface area contributed by atoms with Crippen LogP contribution in [0.25, 0.3) is 60.1 Å². The number of nitrogens with zero attached hydrogens (tertiary/aromatic N) is 4. The van der Waals surface area contributed by atoms with Crippen LogP contribution < -0.4 is 0 Å². The third kappa shape index (κ3) is 3.67. The molecule has 0 spiro atoms. The van der Waals surface area contributed by atoms with E-state index in [2.05, 4.69) is 94.1 Å². The number of benzene rings is 5. The molecule has 4 heteroatoms. The number of para-hydroxylation sites is 3. The van der Waals surface area contributed by atoms with Gasteiger partial charge >= 0.3 is 0 Å². The van der Waals surface area contributed by atoms with Gasteiger partial charge in [0.05, 0.1) is 40.3 Å². The van der Waals surface area contributed by atoms with Gasteiger partial charge in [-0.25, -0.2) is 0 Å². The van der Waals surface area contributed by atoms with Crippen LogP contribution >= 0.6 is 0 Å². The summed E-state index contributed by atoms with van der Waals surface area (Å²) in [6.07, 6.45) is 4.03. The van der Waals surface area contributed by atoms with Gasteiger partial charge in [0.25, 0.3) is 0 Å². The predicted octanol–water partition coefficient (Wildman–Crippen LogP) is 8.96. The fourth-order valence-corrected chi connectivity index (χ4v) is 5.99. The predicted molar refractivity (Wildman–Crippen MR) is 165 cm³/mol. The van der Waals surface area contributed by atoms with Crippen LogP contribution in [0.15, 0.2) is 127 Å². The molecule has 0 amide bonds. The Morgan fingerprint density at radius 3 is 1.80 bits per heavy atom. The average Bonchev–Trinajstić information content (AvgIpc) is 3.50. The first-order valence-corrected chi connectivity index (χ1v) is 13.3. The Hall–Kier alpha value is -5.58. The second-order valence-corrected chi connectivity index (χ2v) is 9.92. The molecule has 2 aromatic heterocycles. The molecule has 0 saturated heterocycles. The van der Waals surface area contributed by atoms with Gasteiger partial charge in [-0.2, -0.15) is 10.5 Å². The maximum absolute atomic E-state index is 10.3. The number of hydrogen-bond donors (Lipinski definition) is 0. The van der Waals surface area contributed by atoms with Crippen LogP contribution in [-0.2, 0) is 6.54 Å². The largest absolute Gasteiger partial charge is 0.337 e. The first-order chi connectivity index (χ1) is 19.8. The third-order valence-electron chi connectivity index (χ3n) is 7.74. The Labute approximate surface area is 231 Å². The van der Waals surface area contributed by atoms with Gasteiger partial charge in [-0.05, 0) is 47.2 Å². The maximum atomic E-state index is 10.3. The lowest BCUT2D eigenvalue weighted by Crippen LogP contribution is -2.00. The Morgan fingerprint density at radius 1 is 0.625 bits per heavy atom. The van der Waals surface area contributed by atoms with Gasteiger partial charge in [0.2, 0.25) is 0 Å². The van der Waals surface area contributed by atoms with Crippen LogP contribution in [0.2, 0.25) is 0 Å². The molecule has 0 aliphatic carbocycles. The zero-order valence-corrected chi connectivity index (χ0v) is 21.8. The van der Waals surface area contributed by atoms with Crippen molar-refractivity contribution in [3.63, 3.8) is 0 Å². The van der Waals surface area contributed by atoms with Crippen molar-refractivity contribution in [1.29, 1.82) is 10.5 Å². The smallest absolute Gasteiger partial charge is 0.101 e. The molecule has 0 saturated carbocycles. The fourth-order valence-electron chi connectivity index (χ4n) is 5.99. The number of nitriles is 2. The minimum atomic E-state index is 0.122. The molecule has 0 radical (unpaired) electrons. The molecule has 0 atom stereocenters. The van der Waals surface area contributed by atoms with Crippen LogP contribution in [0.5, 0.6) is 0 Å². The van der Waals surface area contributed by atoms with E-state index in [1.54, 1.807) is 0 Å². The molecular formula is C36H24N4. The van der Waals surface area contributed by atoms with Crippen molar-refractivity contribution in [2.45, 2.75) is 13.0 Å². The second-order valence-electron chi connectivity index (χ2n) is 9.92. The normalized spacial score (nSPS) is 12.4. The van der Waals surface area contributed by atoms with E-state index in [1.807, 2.05) is 48.6 Å². The summed E-state index contributed by atoms with van der Waals surface area (Å²) in [7, 11) is 0. The standard InChI is InChI=1S/C36H24N4/c37-20-19-32(40-34-17-7-4-13-28(34)29-14-5-8-18-35(29)40)27(24-38)12-9-21-39-33-16-6-3-15-30(33)31-22-25-10-1-2-11-26(25)23-36(31)39/h1-18,22-23H,19,21H2/b12-9-,32-27-. The van der Waals surface area contributed by atoms with Crippen LogP contribution in [0.1, 0.15) is 6.42 Å². The molecule has 2 heterocycles. The quantitative estimate of drug-likeness (QED) is 0.171. The van der Waals surface area contributed by atoms with Crippen LogP contribution in [-0.4, -0.2) is 9.13 Å². The molecule has 0 unspecified atom stereocenters. The van der Waals surface area contributed by atoms with Gasteiger partial charge in [0.15, 0.2) is 0 Å². The number of fused-ring (bicyclic) bond motifs is 7. The van der Waals surface area contributed by atoms with Gasteiger partial charge < -0.3 is 9.13 Å². The summed E-state index contributed by atoms with van der Waals surface area (Å²) in [5.41, 5.74) is 5.46. The molecule has 0 aliphatic rings. The maximum Gasteiger partial charge on any atom is 0.101 e. The van der Waals surface area contributed by atoms with E-state index in [1.165, 1.54) is 21.5 Å². The Bertz CT molecular complexity index is 2190. The van der Waals surface area contributed by atoms with Gasteiger partial charge in [0.1, 0.15) is 6.07 Å². The van der Waals surface area contributed by atoms with E-state index in [0.717, 1.165) is 32.8 Å². The zero-order valence-electron chi connectivity index (χ0n) is 21.8. The van der Waals surface area contributed by atoms with Crippen molar-refractivity contribution in [2.24, 2.45) is 0 Å². The Morgan fingerprint density at radius 2 is 1.18 bits per heavy atom. The summed E-state index contributed by atoms with van der Waals surface area (Å²) in [5.74, 6) is 0. The Balaban J connectivity index is 1.38. The number of hydrogen-bond acceptors (Lipinski definition) is 2. The van der Waals surface area contributed by atoms with Gasteiger partial charge in [0, 0.05) is 33.6 Å². The molecule has 40 heavy (non-hydrogen) atoms. The van der Waals surface area contributed by atoms with Crippen molar-refractivity contribution < 1.29 is 0 Å². The molecule has 0 bridgehead atoms. The lowest BCUT2D eigenvalue weighted by atomic mass is 10.1. The van der Waals surface area contributed by atoms with Gasteiger partial charge in [-0.3, -0.25) is 0 Å². The minimum Gasteiger partial charge on any atom is -0.337 e. The summed E-state index contributed by atoms with van der Waals surface area (Å²) in [6.45, 7) is 0.598. The number of rotatable bonds is 5. The topological polar surface area (TPSA) is 57.4 Å².